The molecule has 34 heavy (non-hydrogen) atoms. The Balaban J connectivity index is 1.88. The monoisotopic (exact) mass is 463 g/mol. The Morgan fingerprint density at radius 2 is 1.74 bits per heavy atom. The fourth-order valence-corrected chi connectivity index (χ4v) is 4.44. The molecule has 0 saturated carbocycles. The number of nitrogens with zero attached hydrogens (tertiary/aromatic N) is 1. The lowest BCUT2D eigenvalue weighted by Gasteiger charge is -2.24. The van der Waals surface area contributed by atoms with Gasteiger partial charge in [0.05, 0.1) is 25.2 Å². The molecule has 0 radical (unpaired) electrons. The van der Waals surface area contributed by atoms with Crippen molar-refractivity contribution in [1.82, 2.24) is 0 Å². The summed E-state index contributed by atoms with van der Waals surface area (Å²) in [6.07, 6.45) is 0.240. The van der Waals surface area contributed by atoms with Gasteiger partial charge >= 0.3 is 5.97 Å². The first-order valence-electron chi connectivity index (χ1n) is 11.6. The number of anilines is 1. The number of carbonyl (C=O) groups is 2. The van der Waals surface area contributed by atoms with Gasteiger partial charge in [0.15, 0.2) is 6.23 Å². The normalized spacial score (nSPS) is 15.0. The summed E-state index contributed by atoms with van der Waals surface area (Å²) in [6.45, 7) is 6.76. The number of carboxylic acid groups (broad SMARTS) is 1. The third-order valence-electron chi connectivity index (χ3n) is 5.87. The standard InChI is InChI=1S/C27H29NO6/c1-4-11-33-20-8-6-7-18-15-21(34-12-5-2)24-25(23(18)20)27(32)28(26(24)31)19-10-9-17(13-16(19)3)14-22(29)30/h6-10,13,15,27,32H,4-5,11-12,14H2,1-3H3,(H,29,30). The number of aliphatic hydroxyl groups is 1. The highest BCUT2D eigenvalue weighted by Crippen LogP contribution is 2.47. The Hall–Kier alpha value is -3.58. The van der Waals surface area contributed by atoms with E-state index >= 15 is 0 Å². The third kappa shape index (κ3) is 4.19. The van der Waals surface area contributed by atoms with Crippen LogP contribution < -0.4 is 14.4 Å². The Bertz CT molecular complexity index is 1250. The lowest BCUT2D eigenvalue weighted by atomic mass is 9.98. The minimum Gasteiger partial charge on any atom is -0.493 e. The SMILES string of the molecule is CCCOc1cc2cccc(OCCC)c2c2c1C(=O)N(c1ccc(CC(=O)O)cc1C)C2O. The van der Waals surface area contributed by atoms with Crippen LogP contribution in [0, 0.1) is 6.92 Å². The maximum Gasteiger partial charge on any atom is 0.307 e. The highest BCUT2D eigenvalue weighted by molar-refractivity contribution is 6.17. The number of aliphatic carboxylic acids is 1. The molecule has 0 bridgehead atoms. The van der Waals surface area contributed by atoms with E-state index in [1.165, 1.54) is 4.90 Å². The smallest absolute Gasteiger partial charge is 0.307 e. The lowest BCUT2D eigenvalue weighted by Crippen LogP contribution is -2.28. The zero-order valence-corrected chi connectivity index (χ0v) is 19.6. The summed E-state index contributed by atoms with van der Waals surface area (Å²) in [7, 11) is 0. The molecule has 3 aromatic rings. The molecule has 3 aromatic carbocycles. The zero-order chi connectivity index (χ0) is 24.4. The van der Waals surface area contributed by atoms with Gasteiger partial charge < -0.3 is 19.7 Å². The van der Waals surface area contributed by atoms with Gasteiger partial charge in [0.1, 0.15) is 11.5 Å². The molecule has 1 amide bonds. The van der Waals surface area contributed by atoms with Crippen LogP contribution in [0.1, 0.15) is 60.0 Å². The van der Waals surface area contributed by atoms with Gasteiger partial charge in [-0.2, -0.15) is 0 Å². The largest absolute Gasteiger partial charge is 0.493 e. The van der Waals surface area contributed by atoms with Crippen LogP contribution in [0.15, 0.2) is 42.5 Å². The van der Waals surface area contributed by atoms with Crippen molar-refractivity contribution in [1.29, 1.82) is 0 Å². The van der Waals surface area contributed by atoms with E-state index in [2.05, 4.69) is 0 Å². The predicted molar refractivity (Wildman–Crippen MR) is 130 cm³/mol. The summed E-state index contributed by atoms with van der Waals surface area (Å²) < 4.78 is 11.9. The third-order valence-corrected chi connectivity index (χ3v) is 5.87. The topological polar surface area (TPSA) is 96.3 Å². The molecule has 1 unspecified atom stereocenters. The minimum absolute atomic E-state index is 0.115. The van der Waals surface area contributed by atoms with Crippen molar-refractivity contribution in [3.63, 3.8) is 0 Å². The second kappa shape index (κ2) is 9.73. The van der Waals surface area contributed by atoms with Crippen LogP contribution in [0.5, 0.6) is 11.5 Å². The van der Waals surface area contributed by atoms with Gasteiger partial charge in [-0.15, -0.1) is 0 Å². The first kappa shape index (κ1) is 23.6. The predicted octanol–water partition coefficient (Wildman–Crippen LogP) is 5.00. The fraction of sp³-hybridized carbons (Fsp3) is 0.333. The van der Waals surface area contributed by atoms with E-state index in [1.54, 1.807) is 25.1 Å². The summed E-state index contributed by atoms with van der Waals surface area (Å²) >= 11 is 0. The highest BCUT2D eigenvalue weighted by Gasteiger charge is 2.42. The molecule has 178 valence electrons. The number of carbonyl (C=O) groups excluding carboxylic acids is 1. The van der Waals surface area contributed by atoms with Crippen LogP contribution in [0.2, 0.25) is 0 Å². The molecule has 0 spiro atoms. The first-order valence-corrected chi connectivity index (χ1v) is 11.6. The summed E-state index contributed by atoms with van der Waals surface area (Å²) in [4.78, 5) is 26.2. The van der Waals surface area contributed by atoms with Gasteiger partial charge in [-0.3, -0.25) is 14.5 Å². The van der Waals surface area contributed by atoms with Gasteiger partial charge in [0.2, 0.25) is 0 Å². The van der Waals surface area contributed by atoms with Crippen LogP contribution in [0.4, 0.5) is 5.69 Å². The number of fused-ring (bicyclic) bond motifs is 3. The van der Waals surface area contributed by atoms with Crippen molar-refractivity contribution in [2.24, 2.45) is 0 Å². The molecule has 2 N–H and O–H groups in total. The number of amides is 1. The number of hydrogen-bond acceptors (Lipinski definition) is 5. The quantitative estimate of drug-likeness (QED) is 0.463. The average Bonchev–Trinajstić information content (AvgIpc) is 3.06. The molecule has 7 heteroatoms. The van der Waals surface area contributed by atoms with E-state index in [4.69, 9.17) is 14.6 Å². The highest BCUT2D eigenvalue weighted by atomic mass is 16.5. The first-order chi connectivity index (χ1) is 16.4. The molecular weight excluding hydrogens is 434 g/mol. The molecule has 0 saturated heterocycles. The zero-order valence-electron chi connectivity index (χ0n) is 19.6. The molecule has 1 heterocycles. The minimum atomic E-state index is -1.24. The maximum absolute atomic E-state index is 13.7. The van der Waals surface area contributed by atoms with Crippen molar-refractivity contribution in [3.05, 3.63) is 64.7 Å². The van der Waals surface area contributed by atoms with Gasteiger partial charge in [-0.1, -0.05) is 38.1 Å². The Morgan fingerprint density at radius 3 is 2.38 bits per heavy atom. The molecule has 1 aliphatic rings. The van der Waals surface area contributed by atoms with Crippen molar-refractivity contribution in [2.45, 2.75) is 46.3 Å². The van der Waals surface area contributed by atoms with Crippen LogP contribution in [-0.4, -0.2) is 35.3 Å². The van der Waals surface area contributed by atoms with E-state index in [0.717, 1.165) is 18.2 Å². The molecule has 4 rings (SSSR count). The van der Waals surface area contributed by atoms with Gasteiger partial charge in [-0.05, 0) is 54.5 Å². The van der Waals surface area contributed by atoms with E-state index in [-0.39, 0.29) is 12.3 Å². The average molecular weight is 464 g/mol. The second-order valence-corrected chi connectivity index (χ2v) is 8.45. The number of benzene rings is 3. The molecule has 0 aliphatic carbocycles. The van der Waals surface area contributed by atoms with Crippen molar-refractivity contribution >= 4 is 28.3 Å². The molecule has 1 aliphatic heterocycles. The number of aliphatic hydroxyl groups excluding tert-OH is 1. The number of carboxylic acids is 1. The summed E-state index contributed by atoms with van der Waals surface area (Å²) in [5.41, 5.74) is 2.63. The Morgan fingerprint density at radius 1 is 1.03 bits per heavy atom. The van der Waals surface area contributed by atoms with E-state index in [0.29, 0.717) is 58.0 Å². The molecular formula is C27H29NO6. The summed E-state index contributed by atoms with van der Waals surface area (Å²) in [6, 6.07) is 12.6. The number of hydrogen-bond donors (Lipinski definition) is 2. The van der Waals surface area contributed by atoms with Crippen molar-refractivity contribution in [3.8, 4) is 11.5 Å². The van der Waals surface area contributed by atoms with E-state index < -0.39 is 12.2 Å². The molecule has 1 atom stereocenters. The Kier molecular flexibility index (Phi) is 6.75. The van der Waals surface area contributed by atoms with Crippen LogP contribution in [0.3, 0.4) is 0 Å². The summed E-state index contributed by atoms with van der Waals surface area (Å²) in [5, 5.41) is 22.1. The number of rotatable bonds is 9. The molecule has 7 nitrogen and oxygen atoms in total. The second-order valence-electron chi connectivity index (χ2n) is 8.45. The maximum atomic E-state index is 13.7. The number of ether oxygens (including phenoxy) is 2. The number of aryl methyl sites for hydroxylation is 1. The van der Waals surface area contributed by atoms with Gasteiger partial charge in [0, 0.05) is 16.6 Å². The molecule has 0 aromatic heterocycles. The Labute approximate surface area is 198 Å². The van der Waals surface area contributed by atoms with Gasteiger partial charge in [-0.25, -0.2) is 0 Å². The lowest BCUT2D eigenvalue weighted by molar-refractivity contribution is -0.136. The van der Waals surface area contributed by atoms with E-state index in [9.17, 15) is 14.7 Å². The summed E-state index contributed by atoms with van der Waals surface area (Å²) in [5.74, 6) is -0.251. The van der Waals surface area contributed by atoms with Crippen LogP contribution in [0.25, 0.3) is 10.8 Å². The fourth-order valence-electron chi connectivity index (χ4n) is 4.44. The van der Waals surface area contributed by atoms with Crippen molar-refractivity contribution < 1.29 is 29.3 Å². The van der Waals surface area contributed by atoms with E-state index in [1.807, 2.05) is 38.1 Å². The molecule has 0 fully saturated rings. The van der Waals surface area contributed by atoms with Gasteiger partial charge in [0.25, 0.3) is 5.91 Å². The van der Waals surface area contributed by atoms with Crippen LogP contribution >= 0.6 is 0 Å². The van der Waals surface area contributed by atoms with Crippen LogP contribution in [-0.2, 0) is 11.2 Å². The van der Waals surface area contributed by atoms with Crippen molar-refractivity contribution in [2.75, 3.05) is 18.1 Å².